The van der Waals surface area contributed by atoms with Crippen molar-refractivity contribution in [3.8, 4) is 0 Å². The molecule has 0 saturated carbocycles. The Labute approximate surface area is 208 Å². The van der Waals surface area contributed by atoms with E-state index < -0.39 is 42.6 Å². The second kappa shape index (κ2) is 10.4. The maximum absolute atomic E-state index is 13.0. The number of halogens is 1. The summed E-state index contributed by atoms with van der Waals surface area (Å²) >= 11 is 6.72. The molecular formula is C23H27ClO9Se. The van der Waals surface area contributed by atoms with E-state index in [0.717, 1.165) is 0 Å². The third-order valence-electron chi connectivity index (χ3n) is 6.49. The van der Waals surface area contributed by atoms with Crippen LogP contribution in [0.1, 0.15) is 6.42 Å². The van der Waals surface area contributed by atoms with Gasteiger partial charge in [0.2, 0.25) is 0 Å². The van der Waals surface area contributed by atoms with Crippen molar-refractivity contribution in [2.45, 2.75) is 53.4 Å². The van der Waals surface area contributed by atoms with Gasteiger partial charge in [-0.1, -0.05) is 0 Å². The predicted molar refractivity (Wildman–Crippen MR) is 120 cm³/mol. The molecule has 1 N–H and O–H groups in total. The summed E-state index contributed by atoms with van der Waals surface area (Å²) in [5.74, 6) is -1.01. The van der Waals surface area contributed by atoms with E-state index in [1.807, 2.05) is 18.2 Å². The monoisotopic (exact) mass is 562 g/mol. The van der Waals surface area contributed by atoms with Crippen LogP contribution < -0.4 is 4.46 Å². The van der Waals surface area contributed by atoms with Crippen LogP contribution in [0.25, 0.3) is 0 Å². The van der Waals surface area contributed by atoms with E-state index in [2.05, 4.69) is 12.1 Å². The zero-order chi connectivity index (χ0) is 23.8. The van der Waals surface area contributed by atoms with Gasteiger partial charge in [-0.3, -0.25) is 0 Å². The molecule has 3 saturated heterocycles. The molecule has 0 spiro atoms. The quantitative estimate of drug-likeness (QED) is 0.196. The molecule has 4 aliphatic heterocycles. The molecule has 11 heteroatoms. The van der Waals surface area contributed by atoms with Gasteiger partial charge < -0.3 is 0 Å². The fraction of sp³-hybridized carbons (Fsp3) is 0.609. The van der Waals surface area contributed by atoms with E-state index in [4.69, 9.17) is 44.8 Å². The average molecular weight is 562 g/mol. The Balaban J connectivity index is 1.35. The molecule has 4 aliphatic rings. The molecule has 34 heavy (non-hydrogen) atoms. The van der Waals surface area contributed by atoms with Gasteiger partial charge >= 0.3 is 209 Å². The third-order valence-corrected chi connectivity index (χ3v) is 10.2. The van der Waals surface area contributed by atoms with Crippen molar-refractivity contribution in [1.29, 1.82) is 0 Å². The first-order chi connectivity index (χ1) is 16.5. The number of benzene rings is 1. The molecule has 0 radical (unpaired) electrons. The summed E-state index contributed by atoms with van der Waals surface area (Å²) in [5.41, 5.74) is 0.681. The van der Waals surface area contributed by atoms with E-state index in [1.54, 1.807) is 0 Å². The minimum atomic E-state index is -0.897. The number of esters is 1. The molecular weight excluding hydrogens is 535 g/mol. The van der Waals surface area contributed by atoms with Crippen LogP contribution in [0.15, 0.2) is 41.7 Å². The fourth-order valence-electron chi connectivity index (χ4n) is 4.98. The molecule has 186 valence electrons. The molecule has 9 nitrogen and oxygen atoms in total. The summed E-state index contributed by atoms with van der Waals surface area (Å²) in [4.78, 5) is 13.0. The number of ether oxygens (including phenoxy) is 7. The first-order valence-corrected chi connectivity index (χ1v) is 13.3. The van der Waals surface area contributed by atoms with Crippen molar-refractivity contribution in [3.63, 3.8) is 0 Å². The Bertz CT molecular complexity index is 915. The number of aliphatic hydroxyl groups is 1. The minimum absolute atomic E-state index is 0.00233. The van der Waals surface area contributed by atoms with Crippen LogP contribution in [-0.2, 0) is 38.0 Å². The topological polar surface area (TPSA) is 102 Å². The van der Waals surface area contributed by atoms with E-state index in [0.29, 0.717) is 5.57 Å². The van der Waals surface area contributed by atoms with E-state index in [-0.39, 0.29) is 57.0 Å². The Hall–Kier alpha value is -1.20. The molecule has 1 aromatic carbocycles. The Morgan fingerprint density at radius 2 is 1.74 bits per heavy atom. The van der Waals surface area contributed by atoms with Crippen LogP contribution in [0.4, 0.5) is 0 Å². The number of carbonyl (C=O) groups excluding carboxylic acids is 1. The van der Waals surface area contributed by atoms with Crippen LogP contribution in [0.3, 0.4) is 0 Å². The molecule has 0 amide bonds. The molecule has 1 aromatic rings. The SMILES string of the molecule is COCOC1C2OC(OC(=O)C2CC2=C(O)C3OC2[C@H]([Se]c2ccccc2)C3Cl)[C@@H]1OCOC. The number of fused-ring (bicyclic) bond motifs is 4. The summed E-state index contributed by atoms with van der Waals surface area (Å²) in [7, 11) is 3.02. The van der Waals surface area contributed by atoms with Gasteiger partial charge in [-0.05, 0) is 0 Å². The summed E-state index contributed by atoms with van der Waals surface area (Å²) in [6.45, 7) is -0.00143. The number of alkyl halides is 1. The van der Waals surface area contributed by atoms with Crippen molar-refractivity contribution < 1.29 is 43.1 Å². The van der Waals surface area contributed by atoms with Crippen molar-refractivity contribution in [2.75, 3.05) is 27.8 Å². The number of carbonyl (C=O) groups is 1. The third kappa shape index (κ3) is 4.40. The zero-order valence-electron chi connectivity index (χ0n) is 18.7. The van der Waals surface area contributed by atoms with Crippen LogP contribution in [0, 0.1) is 5.92 Å². The fourth-order valence-corrected chi connectivity index (χ4v) is 8.18. The summed E-state index contributed by atoms with van der Waals surface area (Å²) in [6.07, 6.45) is -3.51. The van der Waals surface area contributed by atoms with Crippen molar-refractivity contribution >= 4 is 37.0 Å². The summed E-state index contributed by atoms with van der Waals surface area (Å²) in [5, 5.41) is 10.6. The predicted octanol–water partition coefficient (Wildman–Crippen LogP) is 1.27. The molecule has 5 rings (SSSR count). The van der Waals surface area contributed by atoms with Gasteiger partial charge in [0.15, 0.2) is 0 Å². The molecule has 4 heterocycles. The van der Waals surface area contributed by atoms with Gasteiger partial charge in [-0.15, -0.1) is 0 Å². The number of methoxy groups -OCH3 is 2. The molecule has 0 aromatic heterocycles. The van der Waals surface area contributed by atoms with Gasteiger partial charge in [0, 0.05) is 0 Å². The second-order valence-corrected chi connectivity index (χ2v) is 11.6. The van der Waals surface area contributed by atoms with Gasteiger partial charge in [0.25, 0.3) is 0 Å². The molecule has 3 fully saturated rings. The average Bonchev–Trinajstić information content (AvgIpc) is 3.43. The summed E-state index contributed by atoms with van der Waals surface area (Å²) in [6, 6.07) is 10.1. The molecule has 4 bridgehead atoms. The van der Waals surface area contributed by atoms with Gasteiger partial charge in [-0.2, -0.15) is 0 Å². The van der Waals surface area contributed by atoms with Crippen molar-refractivity contribution in [1.82, 2.24) is 0 Å². The summed E-state index contributed by atoms with van der Waals surface area (Å²) < 4.78 is 40.5. The number of aliphatic hydroxyl groups excluding tert-OH is 1. The molecule has 0 aliphatic carbocycles. The number of hydrogen-bond donors (Lipinski definition) is 1. The Morgan fingerprint density at radius 3 is 2.41 bits per heavy atom. The Kier molecular flexibility index (Phi) is 7.51. The van der Waals surface area contributed by atoms with E-state index in [9.17, 15) is 9.90 Å². The van der Waals surface area contributed by atoms with E-state index in [1.165, 1.54) is 18.7 Å². The van der Waals surface area contributed by atoms with Crippen LogP contribution in [-0.4, -0.2) is 96.0 Å². The van der Waals surface area contributed by atoms with Gasteiger partial charge in [0.1, 0.15) is 0 Å². The van der Waals surface area contributed by atoms with Crippen molar-refractivity contribution in [2.24, 2.45) is 5.92 Å². The zero-order valence-corrected chi connectivity index (χ0v) is 21.2. The van der Waals surface area contributed by atoms with Crippen molar-refractivity contribution in [3.05, 3.63) is 41.7 Å². The van der Waals surface area contributed by atoms with Crippen LogP contribution in [0.5, 0.6) is 0 Å². The maximum atomic E-state index is 13.0. The number of hydrogen-bond acceptors (Lipinski definition) is 9. The standard InChI is InChI=1S/C23H27ClO9Se/c1-27-9-29-19-16-13(22(26)33-23(32-16)20(19)30-10-28-2)8-12-15(25)18-14(24)21(17(12)31-18)34-11-6-4-3-5-7-11/h3-7,13-14,16-21,23,25H,8-10H2,1-2H3/t13?,14?,16?,17?,18?,19?,20-,21-,23?/m1/s1. The normalized spacial score (nSPS) is 38.6. The first kappa shape index (κ1) is 24.5. The van der Waals surface area contributed by atoms with Gasteiger partial charge in [0.05, 0.1) is 0 Å². The molecule has 7 unspecified atom stereocenters. The molecule has 9 atom stereocenters. The van der Waals surface area contributed by atoms with E-state index >= 15 is 0 Å². The Morgan fingerprint density at radius 1 is 1.03 bits per heavy atom. The van der Waals surface area contributed by atoms with Crippen LogP contribution >= 0.6 is 11.6 Å². The van der Waals surface area contributed by atoms with Crippen LogP contribution in [0.2, 0.25) is 4.82 Å². The first-order valence-electron chi connectivity index (χ1n) is 11.0. The second-order valence-electron chi connectivity index (χ2n) is 8.52. The van der Waals surface area contributed by atoms with Gasteiger partial charge in [-0.25, -0.2) is 0 Å². The number of rotatable bonds is 10.